The fourth-order valence-corrected chi connectivity index (χ4v) is 2.92. The Morgan fingerprint density at radius 3 is 2.68 bits per heavy atom. The molecule has 1 heterocycles. The number of benzene rings is 1. The smallest absolute Gasteiger partial charge is 0.0801 e. The van der Waals surface area contributed by atoms with Crippen LogP contribution in [0, 0.1) is 6.92 Å². The maximum atomic E-state index is 6.19. The summed E-state index contributed by atoms with van der Waals surface area (Å²) in [7, 11) is 0. The molecule has 0 saturated carbocycles. The predicted octanol–water partition coefficient (Wildman–Crippen LogP) is 4.47. The fourth-order valence-electron chi connectivity index (χ4n) is 2.11. The lowest BCUT2D eigenvalue weighted by atomic mass is 10.00. The van der Waals surface area contributed by atoms with Crippen LogP contribution >= 0.6 is 11.3 Å². The zero-order valence-corrected chi connectivity index (χ0v) is 12.1. The molecule has 0 unspecified atom stereocenters. The standard InChI is InChI=1S/C16H20N2S/c1-3-4-5-6-15(17)13-7-9-14(10-8-13)16-12(2)18-11-19-16/h3,7-11,15H,1,4-6,17H2,2H3/t15-/m0/s1. The van der Waals surface area contributed by atoms with Crippen LogP contribution in [0.3, 0.4) is 0 Å². The fraction of sp³-hybridized carbons (Fsp3) is 0.312. The van der Waals surface area contributed by atoms with E-state index in [1.807, 2.05) is 18.5 Å². The summed E-state index contributed by atoms with van der Waals surface area (Å²) in [5, 5.41) is 0. The van der Waals surface area contributed by atoms with Gasteiger partial charge in [-0.05, 0) is 37.3 Å². The molecule has 2 aromatic rings. The van der Waals surface area contributed by atoms with Gasteiger partial charge in [0.15, 0.2) is 0 Å². The van der Waals surface area contributed by atoms with Crippen molar-refractivity contribution in [1.82, 2.24) is 4.98 Å². The Kier molecular flexibility index (Phi) is 4.88. The topological polar surface area (TPSA) is 38.9 Å². The summed E-state index contributed by atoms with van der Waals surface area (Å²) in [5.74, 6) is 0. The lowest BCUT2D eigenvalue weighted by Crippen LogP contribution is -2.09. The molecular formula is C16H20N2S. The van der Waals surface area contributed by atoms with Crippen LogP contribution in [0.1, 0.15) is 36.6 Å². The summed E-state index contributed by atoms with van der Waals surface area (Å²) in [4.78, 5) is 5.53. The van der Waals surface area contributed by atoms with Crippen molar-refractivity contribution in [2.75, 3.05) is 0 Å². The molecule has 3 heteroatoms. The second kappa shape index (κ2) is 6.64. The zero-order chi connectivity index (χ0) is 13.7. The number of aromatic nitrogens is 1. The number of allylic oxidation sites excluding steroid dienone is 1. The summed E-state index contributed by atoms with van der Waals surface area (Å²) in [6.07, 6.45) is 5.08. The van der Waals surface area contributed by atoms with E-state index in [1.165, 1.54) is 16.0 Å². The molecule has 2 rings (SSSR count). The minimum Gasteiger partial charge on any atom is -0.324 e. The van der Waals surface area contributed by atoms with Gasteiger partial charge in [0.1, 0.15) is 0 Å². The molecule has 0 saturated heterocycles. The van der Waals surface area contributed by atoms with Crippen LogP contribution < -0.4 is 5.73 Å². The number of thiazole rings is 1. The van der Waals surface area contributed by atoms with E-state index in [-0.39, 0.29) is 6.04 Å². The van der Waals surface area contributed by atoms with Crippen LogP contribution in [-0.4, -0.2) is 4.98 Å². The number of hydrogen-bond acceptors (Lipinski definition) is 3. The Morgan fingerprint density at radius 1 is 1.37 bits per heavy atom. The molecule has 100 valence electrons. The second-order valence-electron chi connectivity index (χ2n) is 4.71. The molecule has 0 bridgehead atoms. The SMILES string of the molecule is C=CCCC[C@H](N)c1ccc(-c2scnc2C)cc1. The number of nitrogens with two attached hydrogens (primary N) is 1. The molecule has 0 fully saturated rings. The van der Waals surface area contributed by atoms with Gasteiger partial charge in [-0.1, -0.05) is 30.3 Å². The summed E-state index contributed by atoms with van der Waals surface area (Å²) in [6, 6.07) is 8.67. The molecule has 0 spiro atoms. The van der Waals surface area contributed by atoms with Gasteiger partial charge in [0.05, 0.1) is 16.1 Å². The second-order valence-corrected chi connectivity index (χ2v) is 5.57. The van der Waals surface area contributed by atoms with Crippen molar-refractivity contribution < 1.29 is 0 Å². The third kappa shape index (κ3) is 3.52. The summed E-state index contributed by atoms with van der Waals surface area (Å²) in [6.45, 7) is 5.78. The number of nitrogens with zero attached hydrogens (tertiary/aromatic N) is 1. The molecule has 2 nitrogen and oxygen atoms in total. The normalized spacial score (nSPS) is 12.3. The number of rotatable bonds is 6. The first-order valence-electron chi connectivity index (χ1n) is 6.59. The van der Waals surface area contributed by atoms with Crippen LogP contribution in [0.5, 0.6) is 0 Å². The molecule has 0 aliphatic rings. The third-order valence-corrected chi connectivity index (χ3v) is 4.25. The van der Waals surface area contributed by atoms with E-state index in [0.29, 0.717) is 0 Å². The van der Waals surface area contributed by atoms with Crippen molar-refractivity contribution in [1.29, 1.82) is 0 Å². The predicted molar refractivity (Wildman–Crippen MR) is 83.3 cm³/mol. The summed E-state index contributed by atoms with van der Waals surface area (Å²) in [5.41, 5.74) is 11.6. The Hall–Kier alpha value is -1.45. The van der Waals surface area contributed by atoms with Gasteiger partial charge in [0.25, 0.3) is 0 Å². The van der Waals surface area contributed by atoms with E-state index < -0.39 is 0 Å². The van der Waals surface area contributed by atoms with E-state index in [2.05, 4.69) is 35.8 Å². The first kappa shape index (κ1) is 14.0. The van der Waals surface area contributed by atoms with Crippen molar-refractivity contribution in [2.24, 2.45) is 5.73 Å². The number of aryl methyl sites for hydroxylation is 1. The lowest BCUT2D eigenvalue weighted by molar-refractivity contribution is 0.617. The Bertz CT molecular complexity index is 528. The molecule has 0 amide bonds. The minimum atomic E-state index is 0.122. The zero-order valence-electron chi connectivity index (χ0n) is 11.3. The van der Waals surface area contributed by atoms with E-state index in [4.69, 9.17) is 5.73 Å². The van der Waals surface area contributed by atoms with Crippen LogP contribution in [0.15, 0.2) is 42.4 Å². The highest BCUT2D eigenvalue weighted by atomic mass is 32.1. The first-order chi connectivity index (χ1) is 9.22. The largest absolute Gasteiger partial charge is 0.324 e. The molecule has 1 aromatic heterocycles. The van der Waals surface area contributed by atoms with Crippen molar-refractivity contribution in [3.8, 4) is 10.4 Å². The highest BCUT2D eigenvalue weighted by molar-refractivity contribution is 7.13. The molecule has 1 aromatic carbocycles. The first-order valence-corrected chi connectivity index (χ1v) is 7.47. The quantitative estimate of drug-likeness (QED) is 0.622. The molecular weight excluding hydrogens is 252 g/mol. The highest BCUT2D eigenvalue weighted by Crippen LogP contribution is 2.28. The summed E-state index contributed by atoms with van der Waals surface area (Å²) >= 11 is 1.68. The minimum absolute atomic E-state index is 0.122. The Morgan fingerprint density at radius 2 is 2.11 bits per heavy atom. The third-order valence-electron chi connectivity index (χ3n) is 3.27. The van der Waals surface area contributed by atoms with Crippen LogP contribution in [-0.2, 0) is 0 Å². The van der Waals surface area contributed by atoms with Crippen LogP contribution in [0.25, 0.3) is 10.4 Å². The van der Waals surface area contributed by atoms with Gasteiger partial charge >= 0.3 is 0 Å². The van der Waals surface area contributed by atoms with E-state index in [9.17, 15) is 0 Å². The molecule has 1 atom stereocenters. The molecule has 0 radical (unpaired) electrons. The summed E-state index contributed by atoms with van der Waals surface area (Å²) < 4.78 is 0. The van der Waals surface area contributed by atoms with Gasteiger partial charge in [-0.2, -0.15) is 0 Å². The average molecular weight is 272 g/mol. The monoisotopic (exact) mass is 272 g/mol. The van der Waals surface area contributed by atoms with Gasteiger partial charge in [-0.25, -0.2) is 4.98 Å². The Labute approximate surface area is 119 Å². The maximum absolute atomic E-state index is 6.19. The van der Waals surface area contributed by atoms with Crippen molar-refractivity contribution in [3.05, 3.63) is 53.7 Å². The van der Waals surface area contributed by atoms with E-state index >= 15 is 0 Å². The van der Waals surface area contributed by atoms with Crippen molar-refractivity contribution >= 4 is 11.3 Å². The van der Waals surface area contributed by atoms with Crippen molar-refractivity contribution in [3.63, 3.8) is 0 Å². The number of hydrogen-bond donors (Lipinski definition) is 1. The molecule has 0 aliphatic carbocycles. The van der Waals surface area contributed by atoms with Crippen molar-refractivity contribution in [2.45, 2.75) is 32.2 Å². The molecule has 2 N–H and O–H groups in total. The van der Waals surface area contributed by atoms with Gasteiger partial charge in [-0.3, -0.25) is 0 Å². The Balaban J connectivity index is 2.06. The number of unbranched alkanes of at least 4 members (excludes halogenated alkanes) is 1. The highest BCUT2D eigenvalue weighted by Gasteiger charge is 2.08. The van der Waals surface area contributed by atoms with E-state index in [1.54, 1.807) is 11.3 Å². The van der Waals surface area contributed by atoms with Crippen LogP contribution in [0.2, 0.25) is 0 Å². The average Bonchev–Trinajstić information content (AvgIpc) is 2.85. The van der Waals surface area contributed by atoms with Gasteiger partial charge < -0.3 is 5.73 Å². The van der Waals surface area contributed by atoms with Gasteiger partial charge in [-0.15, -0.1) is 17.9 Å². The lowest BCUT2D eigenvalue weighted by Gasteiger charge is -2.12. The van der Waals surface area contributed by atoms with Crippen LogP contribution in [0.4, 0.5) is 0 Å². The van der Waals surface area contributed by atoms with Gasteiger partial charge in [0, 0.05) is 6.04 Å². The maximum Gasteiger partial charge on any atom is 0.0801 e. The molecule has 0 aliphatic heterocycles. The molecule has 19 heavy (non-hydrogen) atoms. The van der Waals surface area contributed by atoms with E-state index in [0.717, 1.165) is 25.0 Å². The van der Waals surface area contributed by atoms with Gasteiger partial charge in [0.2, 0.25) is 0 Å².